The Morgan fingerprint density at radius 2 is 1.65 bits per heavy atom. The Labute approximate surface area is 138 Å². The first-order valence-corrected chi connectivity index (χ1v) is 8.32. The van der Waals surface area contributed by atoms with Gasteiger partial charge in [0.2, 0.25) is 0 Å². The topological polar surface area (TPSA) is 43.4 Å². The SMILES string of the molecule is C=C1C=CC(=O)C(C)(CC)C1.C=C1C=CC(=O)C2(CCCC2)O1. The molecule has 124 valence electrons. The Morgan fingerprint density at radius 3 is 2.22 bits per heavy atom. The second-order valence-electron chi connectivity index (χ2n) is 6.91. The summed E-state index contributed by atoms with van der Waals surface area (Å²) in [5.41, 5.74) is 0.367. The van der Waals surface area contributed by atoms with E-state index < -0.39 is 5.60 Å². The third-order valence-corrected chi connectivity index (χ3v) is 5.07. The van der Waals surface area contributed by atoms with E-state index in [1.165, 1.54) is 0 Å². The van der Waals surface area contributed by atoms with Crippen LogP contribution in [0.5, 0.6) is 0 Å². The molecule has 3 heteroatoms. The lowest BCUT2D eigenvalue weighted by Gasteiger charge is -2.30. The number of hydrogen-bond donors (Lipinski definition) is 0. The van der Waals surface area contributed by atoms with Crippen molar-refractivity contribution in [3.8, 4) is 0 Å². The summed E-state index contributed by atoms with van der Waals surface area (Å²) < 4.78 is 5.52. The van der Waals surface area contributed by atoms with Crippen LogP contribution in [0.4, 0.5) is 0 Å². The Kier molecular flexibility index (Phi) is 5.08. The monoisotopic (exact) mass is 314 g/mol. The van der Waals surface area contributed by atoms with Gasteiger partial charge in [-0.1, -0.05) is 38.7 Å². The van der Waals surface area contributed by atoms with Crippen LogP contribution in [0, 0.1) is 5.41 Å². The Bertz CT molecular complexity index is 588. The number of allylic oxidation sites excluding steroid dienone is 4. The van der Waals surface area contributed by atoms with Crippen molar-refractivity contribution in [2.24, 2.45) is 5.41 Å². The van der Waals surface area contributed by atoms with Crippen molar-refractivity contribution >= 4 is 11.6 Å². The molecule has 1 fully saturated rings. The summed E-state index contributed by atoms with van der Waals surface area (Å²) in [4.78, 5) is 22.9. The second kappa shape index (κ2) is 6.69. The van der Waals surface area contributed by atoms with Gasteiger partial charge in [0.25, 0.3) is 0 Å². The van der Waals surface area contributed by atoms with Crippen molar-refractivity contribution in [3.05, 3.63) is 48.8 Å². The molecule has 0 radical (unpaired) electrons. The van der Waals surface area contributed by atoms with Crippen molar-refractivity contribution in [1.29, 1.82) is 0 Å². The first kappa shape index (κ1) is 17.5. The lowest BCUT2D eigenvalue weighted by atomic mass is 9.74. The highest BCUT2D eigenvalue weighted by Gasteiger charge is 2.43. The number of hydrogen-bond acceptors (Lipinski definition) is 3. The number of ether oxygens (including phenoxy) is 1. The highest BCUT2D eigenvalue weighted by atomic mass is 16.5. The highest BCUT2D eigenvalue weighted by Crippen LogP contribution is 2.38. The summed E-state index contributed by atoms with van der Waals surface area (Å²) in [7, 11) is 0. The average molecular weight is 314 g/mol. The van der Waals surface area contributed by atoms with Crippen LogP contribution < -0.4 is 0 Å². The van der Waals surface area contributed by atoms with Gasteiger partial charge in [-0.25, -0.2) is 0 Å². The van der Waals surface area contributed by atoms with Crippen LogP contribution in [0.1, 0.15) is 52.4 Å². The van der Waals surface area contributed by atoms with Gasteiger partial charge in [-0.3, -0.25) is 9.59 Å². The van der Waals surface area contributed by atoms with Gasteiger partial charge in [-0.05, 0) is 56.8 Å². The van der Waals surface area contributed by atoms with Gasteiger partial charge in [0.15, 0.2) is 17.2 Å². The number of carbonyl (C=O) groups excluding carboxylic acids is 2. The zero-order chi connectivity index (χ0) is 17.1. The van der Waals surface area contributed by atoms with Gasteiger partial charge >= 0.3 is 0 Å². The van der Waals surface area contributed by atoms with Crippen LogP contribution in [0.3, 0.4) is 0 Å². The van der Waals surface area contributed by atoms with Crippen molar-refractivity contribution in [1.82, 2.24) is 0 Å². The Hall–Kier alpha value is -1.90. The van der Waals surface area contributed by atoms with Gasteiger partial charge in [0.05, 0.1) is 0 Å². The van der Waals surface area contributed by atoms with Gasteiger partial charge in [0.1, 0.15) is 5.76 Å². The molecule has 0 N–H and O–H groups in total. The minimum Gasteiger partial charge on any atom is -0.480 e. The molecule has 1 heterocycles. The van der Waals surface area contributed by atoms with E-state index in [0.29, 0.717) is 5.76 Å². The molecule has 1 aliphatic heterocycles. The van der Waals surface area contributed by atoms with Gasteiger partial charge in [-0.2, -0.15) is 0 Å². The maximum absolute atomic E-state index is 11.5. The molecule has 0 bridgehead atoms. The molecule has 3 rings (SSSR count). The molecule has 0 aromatic carbocycles. The van der Waals surface area contributed by atoms with Crippen LogP contribution >= 0.6 is 0 Å². The predicted octanol–water partition coefficient (Wildman–Crippen LogP) is 4.46. The minimum absolute atomic E-state index is 0.118. The molecule has 0 saturated heterocycles. The summed E-state index contributed by atoms with van der Waals surface area (Å²) >= 11 is 0. The average Bonchev–Trinajstić information content (AvgIpc) is 2.97. The molecule has 1 spiro atoms. The largest absolute Gasteiger partial charge is 0.480 e. The van der Waals surface area contributed by atoms with Crippen LogP contribution in [0.15, 0.2) is 48.8 Å². The summed E-state index contributed by atoms with van der Waals surface area (Å²) in [5, 5.41) is 0. The molecule has 3 aliphatic rings. The fourth-order valence-electron chi connectivity index (χ4n) is 3.29. The van der Waals surface area contributed by atoms with Gasteiger partial charge in [-0.15, -0.1) is 0 Å². The standard InChI is InChI=1S/C10H12O2.C10H14O/c1-8-4-5-9(11)10(12-8)6-2-3-7-10;1-4-10(3)7-8(2)5-6-9(10)11/h4-5H,1-3,6-7H2;5-6H,2,4,7H2,1,3H3. The first-order chi connectivity index (χ1) is 10.8. The summed E-state index contributed by atoms with van der Waals surface area (Å²) in [5.74, 6) is 0.983. The van der Waals surface area contributed by atoms with Crippen LogP contribution in [0.2, 0.25) is 0 Å². The summed E-state index contributed by atoms with van der Waals surface area (Å²) in [6.07, 6.45) is 12.3. The van der Waals surface area contributed by atoms with E-state index in [2.05, 4.69) is 13.2 Å². The molecule has 2 aliphatic carbocycles. The third kappa shape index (κ3) is 3.72. The fraction of sp³-hybridized carbons (Fsp3) is 0.500. The van der Waals surface area contributed by atoms with E-state index in [1.807, 2.05) is 19.9 Å². The van der Waals surface area contributed by atoms with Gasteiger partial charge < -0.3 is 4.74 Å². The van der Waals surface area contributed by atoms with Crippen LogP contribution in [-0.2, 0) is 14.3 Å². The van der Waals surface area contributed by atoms with Crippen molar-refractivity contribution in [3.63, 3.8) is 0 Å². The highest BCUT2D eigenvalue weighted by molar-refractivity contribution is 5.98. The molecule has 0 aromatic heterocycles. The smallest absolute Gasteiger partial charge is 0.199 e. The summed E-state index contributed by atoms with van der Waals surface area (Å²) in [6.45, 7) is 11.6. The maximum Gasteiger partial charge on any atom is 0.199 e. The minimum atomic E-state index is -0.522. The van der Waals surface area contributed by atoms with E-state index in [1.54, 1.807) is 18.2 Å². The Morgan fingerprint density at radius 1 is 1.04 bits per heavy atom. The van der Waals surface area contributed by atoms with Crippen molar-refractivity contribution in [2.75, 3.05) is 0 Å². The normalized spacial score (nSPS) is 28.6. The maximum atomic E-state index is 11.5. The number of rotatable bonds is 1. The first-order valence-electron chi connectivity index (χ1n) is 8.32. The van der Waals surface area contributed by atoms with E-state index in [9.17, 15) is 9.59 Å². The molecular formula is C20H26O3. The molecule has 1 atom stereocenters. The molecule has 23 heavy (non-hydrogen) atoms. The van der Waals surface area contributed by atoms with E-state index in [0.717, 1.165) is 44.1 Å². The zero-order valence-corrected chi connectivity index (χ0v) is 14.2. The van der Waals surface area contributed by atoms with Crippen molar-refractivity contribution in [2.45, 2.75) is 58.0 Å². The Balaban J connectivity index is 0.000000168. The molecule has 0 aromatic rings. The third-order valence-electron chi connectivity index (χ3n) is 5.07. The summed E-state index contributed by atoms with van der Waals surface area (Å²) in [6, 6.07) is 0. The van der Waals surface area contributed by atoms with E-state index in [-0.39, 0.29) is 17.0 Å². The molecule has 0 amide bonds. The van der Waals surface area contributed by atoms with E-state index >= 15 is 0 Å². The number of carbonyl (C=O) groups is 2. The van der Waals surface area contributed by atoms with Gasteiger partial charge in [0, 0.05) is 5.41 Å². The zero-order valence-electron chi connectivity index (χ0n) is 14.2. The quantitative estimate of drug-likeness (QED) is 0.718. The van der Waals surface area contributed by atoms with Crippen LogP contribution in [-0.4, -0.2) is 17.2 Å². The fourth-order valence-corrected chi connectivity index (χ4v) is 3.29. The van der Waals surface area contributed by atoms with Crippen LogP contribution in [0.25, 0.3) is 0 Å². The predicted molar refractivity (Wildman–Crippen MR) is 91.9 cm³/mol. The molecule has 1 unspecified atom stereocenters. The lowest BCUT2D eigenvalue weighted by molar-refractivity contribution is -0.134. The molecule has 1 saturated carbocycles. The molecular weight excluding hydrogens is 288 g/mol. The molecule has 3 nitrogen and oxygen atoms in total. The lowest BCUT2D eigenvalue weighted by Crippen LogP contribution is -2.39. The van der Waals surface area contributed by atoms with E-state index in [4.69, 9.17) is 4.74 Å². The van der Waals surface area contributed by atoms with Crippen molar-refractivity contribution < 1.29 is 14.3 Å². The second-order valence-corrected chi connectivity index (χ2v) is 6.91. The number of ketones is 2.